The van der Waals surface area contributed by atoms with Crippen molar-refractivity contribution in [3.63, 3.8) is 0 Å². The summed E-state index contributed by atoms with van der Waals surface area (Å²) in [5, 5.41) is 9.80. The number of benzene rings is 1. The Morgan fingerprint density at radius 3 is 2.27 bits per heavy atom. The highest BCUT2D eigenvalue weighted by Crippen LogP contribution is 2.17. The van der Waals surface area contributed by atoms with Crippen molar-refractivity contribution in [1.82, 2.24) is 0 Å². The third-order valence-corrected chi connectivity index (χ3v) is 2.28. The fraction of sp³-hybridized carbons (Fsp3) is 0.538. The molecule has 2 nitrogen and oxygen atoms in total. The minimum atomic E-state index is -0.659. The van der Waals surface area contributed by atoms with Gasteiger partial charge in [0, 0.05) is 12.5 Å². The lowest BCUT2D eigenvalue weighted by Crippen LogP contribution is -2.24. The van der Waals surface area contributed by atoms with Crippen LogP contribution >= 0.6 is 0 Å². The molecule has 0 spiro atoms. The molecule has 0 aliphatic heterocycles. The fourth-order valence-corrected chi connectivity index (χ4v) is 1.74. The normalized spacial score (nSPS) is 13.9. The molecule has 2 heteroatoms. The van der Waals surface area contributed by atoms with E-state index in [1.807, 2.05) is 32.9 Å². The van der Waals surface area contributed by atoms with E-state index in [4.69, 9.17) is 5.73 Å². The summed E-state index contributed by atoms with van der Waals surface area (Å²) in [6.07, 6.45) is 1.54. The van der Waals surface area contributed by atoms with E-state index in [0.717, 1.165) is 6.42 Å². The van der Waals surface area contributed by atoms with Crippen molar-refractivity contribution in [1.29, 1.82) is 0 Å². The molecular weight excluding hydrogens is 186 g/mol. The molecule has 1 aromatic rings. The van der Waals surface area contributed by atoms with Gasteiger partial charge in [-0.15, -0.1) is 0 Å². The van der Waals surface area contributed by atoms with Crippen LogP contribution in [0.3, 0.4) is 0 Å². The minimum absolute atomic E-state index is 0.160. The van der Waals surface area contributed by atoms with Crippen LogP contribution in [-0.2, 0) is 12.8 Å². The highest BCUT2D eigenvalue weighted by atomic mass is 16.3. The lowest BCUT2D eigenvalue weighted by Gasteiger charge is -2.20. The molecule has 1 rings (SSSR count). The molecule has 3 N–H and O–H groups in total. The van der Waals surface area contributed by atoms with Crippen LogP contribution < -0.4 is 5.73 Å². The Morgan fingerprint density at radius 2 is 1.80 bits per heavy atom. The van der Waals surface area contributed by atoms with Gasteiger partial charge in [0.1, 0.15) is 0 Å². The Hall–Kier alpha value is -0.860. The van der Waals surface area contributed by atoms with Crippen LogP contribution in [0, 0.1) is 0 Å². The van der Waals surface area contributed by atoms with Crippen LogP contribution in [0.15, 0.2) is 24.3 Å². The zero-order valence-corrected chi connectivity index (χ0v) is 9.83. The van der Waals surface area contributed by atoms with Crippen LogP contribution in [0.2, 0.25) is 0 Å². The average molecular weight is 207 g/mol. The van der Waals surface area contributed by atoms with Crippen LogP contribution in [0.4, 0.5) is 0 Å². The average Bonchev–Trinajstić information content (AvgIpc) is 2.05. The van der Waals surface area contributed by atoms with E-state index in [9.17, 15) is 5.11 Å². The van der Waals surface area contributed by atoms with Gasteiger partial charge in [-0.25, -0.2) is 0 Å². The summed E-state index contributed by atoms with van der Waals surface area (Å²) in [4.78, 5) is 0. The highest BCUT2D eigenvalue weighted by Gasteiger charge is 2.15. The first kappa shape index (κ1) is 12.2. The molecule has 1 aromatic carbocycles. The summed E-state index contributed by atoms with van der Waals surface area (Å²) in [5.41, 5.74) is 7.58. The maximum atomic E-state index is 9.80. The minimum Gasteiger partial charge on any atom is -0.390 e. The van der Waals surface area contributed by atoms with Crippen molar-refractivity contribution in [2.24, 2.45) is 5.73 Å². The summed E-state index contributed by atoms with van der Waals surface area (Å²) in [7, 11) is 0. The number of aliphatic hydroxyl groups is 1. The number of nitrogens with two attached hydrogens (primary N) is 1. The summed E-state index contributed by atoms with van der Waals surface area (Å²) in [6, 6.07) is 8.34. The summed E-state index contributed by atoms with van der Waals surface area (Å²) < 4.78 is 0. The second kappa shape index (κ2) is 4.77. The van der Waals surface area contributed by atoms with Crippen molar-refractivity contribution < 1.29 is 5.11 Å². The largest absolute Gasteiger partial charge is 0.390 e. The Balaban J connectivity index is 2.86. The molecule has 0 bridgehead atoms. The van der Waals surface area contributed by atoms with Gasteiger partial charge in [0.15, 0.2) is 0 Å². The van der Waals surface area contributed by atoms with Gasteiger partial charge in [0.05, 0.1) is 5.60 Å². The second-order valence-electron chi connectivity index (χ2n) is 4.94. The van der Waals surface area contributed by atoms with E-state index >= 15 is 0 Å². The first-order chi connectivity index (χ1) is 6.88. The van der Waals surface area contributed by atoms with Crippen LogP contribution in [0.1, 0.15) is 31.9 Å². The van der Waals surface area contributed by atoms with Crippen molar-refractivity contribution in [3.8, 4) is 0 Å². The fourth-order valence-electron chi connectivity index (χ4n) is 1.74. The Bertz CT molecular complexity index is 313. The van der Waals surface area contributed by atoms with Crippen molar-refractivity contribution in [2.75, 3.05) is 0 Å². The maximum Gasteiger partial charge on any atom is 0.0632 e. The van der Waals surface area contributed by atoms with Crippen molar-refractivity contribution >= 4 is 0 Å². The standard InChI is InChI=1S/C13H21NO/c1-10(14)8-11-6-4-5-7-12(11)9-13(2,3)15/h4-7,10,15H,8-9,14H2,1-3H3. The van der Waals surface area contributed by atoms with Crippen LogP contribution in [0.5, 0.6) is 0 Å². The lowest BCUT2D eigenvalue weighted by atomic mass is 9.92. The number of rotatable bonds is 4. The van der Waals surface area contributed by atoms with Crippen LogP contribution in [-0.4, -0.2) is 16.7 Å². The molecule has 0 fully saturated rings. The monoisotopic (exact) mass is 207 g/mol. The molecule has 1 atom stereocenters. The third kappa shape index (κ3) is 4.45. The Kier molecular flexibility index (Phi) is 3.89. The summed E-state index contributed by atoms with van der Waals surface area (Å²) >= 11 is 0. The lowest BCUT2D eigenvalue weighted by molar-refractivity contribution is 0.0807. The van der Waals surface area contributed by atoms with E-state index in [0.29, 0.717) is 6.42 Å². The molecule has 0 aromatic heterocycles. The summed E-state index contributed by atoms with van der Waals surface area (Å²) in [6.45, 7) is 5.66. The SMILES string of the molecule is CC(N)Cc1ccccc1CC(C)(C)O. The van der Waals surface area contributed by atoms with Gasteiger partial charge >= 0.3 is 0 Å². The molecule has 0 aliphatic carbocycles. The smallest absolute Gasteiger partial charge is 0.0632 e. The van der Waals surface area contributed by atoms with Crippen molar-refractivity contribution in [2.45, 2.75) is 45.3 Å². The number of hydrogen-bond donors (Lipinski definition) is 2. The summed E-state index contributed by atoms with van der Waals surface area (Å²) in [5.74, 6) is 0. The molecule has 84 valence electrons. The predicted octanol–water partition coefficient (Wildman–Crippen LogP) is 1.89. The molecule has 15 heavy (non-hydrogen) atoms. The first-order valence-corrected chi connectivity index (χ1v) is 5.43. The van der Waals surface area contributed by atoms with Crippen LogP contribution in [0.25, 0.3) is 0 Å². The van der Waals surface area contributed by atoms with Gasteiger partial charge in [0.25, 0.3) is 0 Å². The Morgan fingerprint density at radius 1 is 1.27 bits per heavy atom. The molecule has 1 unspecified atom stereocenters. The molecular formula is C13H21NO. The van der Waals surface area contributed by atoms with Gasteiger partial charge in [-0.3, -0.25) is 0 Å². The van der Waals surface area contributed by atoms with E-state index in [-0.39, 0.29) is 6.04 Å². The highest BCUT2D eigenvalue weighted by molar-refractivity contribution is 5.29. The van der Waals surface area contributed by atoms with Gasteiger partial charge in [0.2, 0.25) is 0 Å². The second-order valence-corrected chi connectivity index (χ2v) is 4.94. The third-order valence-electron chi connectivity index (χ3n) is 2.28. The zero-order chi connectivity index (χ0) is 11.5. The van der Waals surface area contributed by atoms with Gasteiger partial charge in [-0.05, 0) is 38.3 Å². The quantitative estimate of drug-likeness (QED) is 0.792. The van der Waals surface area contributed by atoms with E-state index < -0.39 is 5.60 Å². The van der Waals surface area contributed by atoms with Crippen molar-refractivity contribution in [3.05, 3.63) is 35.4 Å². The van der Waals surface area contributed by atoms with Gasteiger partial charge in [-0.1, -0.05) is 24.3 Å². The molecule has 0 radical (unpaired) electrons. The molecule has 0 saturated carbocycles. The topological polar surface area (TPSA) is 46.2 Å². The predicted molar refractivity (Wildman–Crippen MR) is 63.8 cm³/mol. The molecule has 0 heterocycles. The molecule has 0 amide bonds. The molecule has 0 aliphatic rings. The van der Waals surface area contributed by atoms with Gasteiger partial charge in [-0.2, -0.15) is 0 Å². The van der Waals surface area contributed by atoms with E-state index in [2.05, 4.69) is 12.1 Å². The molecule has 0 saturated heterocycles. The van der Waals surface area contributed by atoms with E-state index in [1.54, 1.807) is 0 Å². The first-order valence-electron chi connectivity index (χ1n) is 5.43. The van der Waals surface area contributed by atoms with E-state index in [1.165, 1.54) is 11.1 Å². The van der Waals surface area contributed by atoms with Gasteiger partial charge < -0.3 is 10.8 Å². The maximum absolute atomic E-state index is 9.80. The Labute approximate surface area is 92.1 Å². The number of hydrogen-bond acceptors (Lipinski definition) is 2. The zero-order valence-electron chi connectivity index (χ0n) is 9.83.